The van der Waals surface area contributed by atoms with Crippen LogP contribution in [0.25, 0.3) is 0 Å². The quantitative estimate of drug-likeness (QED) is 0.892. The highest BCUT2D eigenvalue weighted by atomic mass is 15.2. The molecule has 1 aliphatic heterocycles. The zero-order valence-corrected chi connectivity index (χ0v) is 13.1. The van der Waals surface area contributed by atoms with Gasteiger partial charge in [0.1, 0.15) is 12.2 Å². The third kappa shape index (κ3) is 2.79. The van der Waals surface area contributed by atoms with Gasteiger partial charge in [0, 0.05) is 6.20 Å². The number of amidine groups is 1. The molecule has 2 heterocycles. The molecule has 1 aliphatic carbocycles. The summed E-state index contributed by atoms with van der Waals surface area (Å²) in [5.41, 5.74) is 3.07. The number of nitrogens with zero attached hydrogens (tertiary/aromatic N) is 3. The maximum absolute atomic E-state index is 4.94. The molecule has 5 nitrogen and oxygen atoms in total. The first-order valence-electron chi connectivity index (χ1n) is 8.31. The summed E-state index contributed by atoms with van der Waals surface area (Å²) in [5.74, 6) is 1.05. The van der Waals surface area contributed by atoms with Crippen LogP contribution in [0.3, 0.4) is 0 Å². The van der Waals surface area contributed by atoms with Crippen molar-refractivity contribution in [1.29, 1.82) is 0 Å². The Bertz CT molecular complexity index is 704. The molecule has 5 heteroatoms. The molecule has 118 valence electrons. The summed E-state index contributed by atoms with van der Waals surface area (Å²) in [6.07, 6.45) is 9.39. The Hall–Kier alpha value is -2.43. The Morgan fingerprint density at radius 2 is 1.96 bits per heavy atom. The molecule has 23 heavy (non-hydrogen) atoms. The maximum atomic E-state index is 4.94. The van der Waals surface area contributed by atoms with Gasteiger partial charge >= 0.3 is 0 Å². The highest BCUT2D eigenvalue weighted by Crippen LogP contribution is 2.40. The normalized spacial score (nSPS) is 18.7. The molecule has 0 unspecified atom stereocenters. The number of nitrogens with one attached hydrogen (secondary N) is 2. The summed E-state index contributed by atoms with van der Waals surface area (Å²) in [6.45, 7) is 0.674. The second-order valence-electron chi connectivity index (χ2n) is 6.30. The summed E-state index contributed by atoms with van der Waals surface area (Å²) in [6, 6.07) is 10.2. The number of benzene rings is 1. The van der Waals surface area contributed by atoms with E-state index in [1.165, 1.54) is 19.3 Å². The standard InChI is InChI=1S/C18H21N5/c1-4-9-18(10-5-1)17(20-12-14-8-11-19-13-21-14)22-15-6-2-3-7-16(15)23-18/h2-3,6-8,11,13,23H,1,4-5,9-10,12H2,(H,20,22). The van der Waals surface area contributed by atoms with Crippen LogP contribution in [0, 0.1) is 0 Å². The number of para-hydroxylation sites is 2. The summed E-state index contributed by atoms with van der Waals surface area (Å²) < 4.78 is 0. The molecule has 1 aromatic carbocycles. The van der Waals surface area contributed by atoms with E-state index < -0.39 is 0 Å². The Balaban J connectivity index is 1.63. The number of rotatable bonds is 2. The fourth-order valence-electron chi connectivity index (χ4n) is 3.54. The first-order chi connectivity index (χ1) is 11.4. The number of fused-ring (bicyclic) bond motifs is 1. The molecular formula is C18H21N5. The van der Waals surface area contributed by atoms with Crippen LogP contribution in [-0.2, 0) is 6.54 Å². The largest absolute Gasteiger partial charge is 0.371 e. The van der Waals surface area contributed by atoms with Crippen molar-refractivity contribution in [2.75, 3.05) is 5.32 Å². The Morgan fingerprint density at radius 1 is 1.09 bits per heavy atom. The molecule has 1 fully saturated rings. The van der Waals surface area contributed by atoms with Gasteiger partial charge in [-0.2, -0.15) is 0 Å². The lowest BCUT2D eigenvalue weighted by Gasteiger charge is -2.42. The minimum atomic E-state index is -0.0559. The second kappa shape index (κ2) is 5.99. The fraction of sp³-hybridized carbons (Fsp3) is 0.389. The van der Waals surface area contributed by atoms with Gasteiger partial charge in [-0.3, -0.25) is 0 Å². The third-order valence-electron chi connectivity index (χ3n) is 4.75. The lowest BCUT2D eigenvalue weighted by atomic mass is 9.79. The van der Waals surface area contributed by atoms with Gasteiger partial charge in [-0.1, -0.05) is 31.4 Å². The smallest absolute Gasteiger partial charge is 0.128 e. The van der Waals surface area contributed by atoms with Crippen molar-refractivity contribution < 1.29 is 0 Å². The average Bonchev–Trinajstić information content (AvgIpc) is 2.61. The van der Waals surface area contributed by atoms with Gasteiger partial charge < -0.3 is 10.6 Å². The average molecular weight is 307 g/mol. The van der Waals surface area contributed by atoms with Crippen LogP contribution in [-0.4, -0.2) is 21.3 Å². The first kappa shape index (κ1) is 14.2. The SMILES string of the molecule is c1ccc2c(c1)N=C(NCc1ccncn1)C1(CCCCC1)N2. The Kier molecular flexibility index (Phi) is 3.69. The minimum Gasteiger partial charge on any atom is -0.371 e. The number of aliphatic imine (C=N–C) groups is 1. The second-order valence-corrected chi connectivity index (χ2v) is 6.30. The predicted molar refractivity (Wildman–Crippen MR) is 91.8 cm³/mol. The van der Waals surface area contributed by atoms with Crippen molar-refractivity contribution in [3.63, 3.8) is 0 Å². The van der Waals surface area contributed by atoms with Gasteiger partial charge in [-0.15, -0.1) is 0 Å². The van der Waals surface area contributed by atoms with Gasteiger partial charge in [0.2, 0.25) is 0 Å². The molecule has 2 aliphatic rings. The van der Waals surface area contributed by atoms with Gasteiger partial charge in [-0.05, 0) is 31.0 Å². The van der Waals surface area contributed by atoms with Crippen molar-refractivity contribution in [3.05, 3.63) is 48.5 Å². The fourth-order valence-corrected chi connectivity index (χ4v) is 3.54. The van der Waals surface area contributed by atoms with Crippen LogP contribution in [0.15, 0.2) is 47.8 Å². The maximum Gasteiger partial charge on any atom is 0.128 e. The van der Waals surface area contributed by atoms with E-state index in [0.29, 0.717) is 6.54 Å². The molecule has 2 N–H and O–H groups in total. The summed E-state index contributed by atoms with van der Waals surface area (Å²) in [4.78, 5) is 13.2. The summed E-state index contributed by atoms with van der Waals surface area (Å²) in [5, 5.41) is 7.31. The zero-order chi connectivity index (χ0) is 15.5. The molecule has 0 bridgehead atoms. The van der Waals surface area contributed by atoms with Crippen molar-refractivity contribution in [3.8, 4) is 0 Å². The Morgan fingerprint density at radius 3 is 2.78 bits per heavy atom. The molecule has 2 aromatic rings. The topological polar surface area (TPSA) is 62.2 Å². The molecule has 1 spiro atoms. The van der Waals surface area contributed by atoms with Crippen LogP contribution in [0.2, 0.25) is 0 Å². The number of hydrogen-bond acceptors (Lipinski definition) is 5. The van der Waals surface area contributed by atoms with Crippen LogP contribution in [0.5, 0.6) is 0 Å². The predicted octanol–water partition coefficient (Wildman–Crippen LogP) is 3.42. The summed E-state index contributed by atoms with van der Waals surface area (Å²) in [7, 11) is 0. The molecule has 0 radical (unpaired) electrons. The van der Waals surface area contributed by atoms with Crippen LogP contribution < -0.4 is 10.6 Å². The number of aromatic nitrogens is 2. The molecule has 1 aromatic heterocycles. The van der Waals surface area contributed by atoms with E-state index >= 15 is 0 Å². The first-order valence-corrected chi connectivity index (χ1v) is 8.31. The van der Waals surface area contributed by atoms with Crippen molar-refractivity contribution in [1.82, 2.24) is 15.3 Å². The van der Waals surface area contributed by atoms with Crippen molar-refractivity contribution in [2.45, 2.75) is 44.2 Å². The van der Waals surface area contributed by atoms with Crippen LogP contribution in [0.4, 0.5) is 11.4 Å². The monoisotopic (exact) mass is 307 g/mol. The van der Waals surface area contributed by atoms with Gasteiger partial charge in [-0.25, -0.2) is 15.0 Å². The van der Waals surface area contributed by atoms with E-state index in [1.807, 2.05) is 12.1 Å². The number of anilines is 1. The Labute approximate surface area is 136 Å². The van der Waals surface area contributed by atoms with Gasteiger partial charge in [0.15, 0.2) is 0 Å². The van der Waals surface area contributed by atoms with Gasteiger partial charge in [0.05, 0.1) is 29.2 Å². The van der Waals surface area contributed by atoms with E-state index in [-0.39, 0.29) is 5.54 Å². The lowest BCUT2D eigenvalue weighted by Crippen LogP contribution is -2.54. The van der Waals surface area contributed by atoms with Crippen LogP contribution >= 0.6 is 0 Å². The summed E-state index contributed by atoms with van der Waals surface area (Å²) >= 11 is 0. The zero-order valence-electron chi connectivity index (χ0n) is 13.1. The molecule has 1 saturated carbocycles. The third-order valence-corrected chi connectivity index (χ3v) is 4.75. The molecule has 0 amide bonds. The van der Waals surface area contributed by atoms with Crippen LogP contribution in [0.1, 0.15) is 37.8 Å². The minimum absolute atomic E-state index is 0.0559. The van der Waals surface area contributed by atoms with E-state index in [4.69, 9.17) is 4.99 Å². The molecular weight excluding hydrogens is 286 g/mol. The van der Waals surface area contributed by atoms with Crippen molar-refractivity contribution >= 4 is 17.2 Å². The molecule has 0 atom stereocenters. The van der Waals surface area contributed by atoms with Gasteiger partial charge in [0.25, 0.3) is 0 Å². The van der Waals surface area contributed by atoms with E-state index in [2.05, 4.69) is 38.8 Å². The highest BCUT2D eigenvalue weighted by Gasteiger charge is 2.40. The highest BCUT2D eigenvalue weighted by molar-refractivity contribution is 6.00. The number of hydrogen-bond donors (Lipinski definition) is 2. The van der Waals surface area contributed by atoms with E-state index in [0.717, 1.165) is 35.7 Å². The lowest BCUT2D eigenvalue weighted by molar-refractivity contribution is 0.396. The van der Waals surface area contributed by atoms with Crippen molar-refractivity contribution in [2.24, 2.45) is 4.99 Å². The van der Waals surface area contributed by atoms with E-state index in [1.54, 1.807) is 12.5 Å². The molecule has 0 saturated heterocycles. The molecule has 4 rings (SSSR count). The van der Waals surface area contributed by atoms with E-state index in [9.17, 15) is 0 Å².